The van der Waals surface area contributed by atoms with Crippen molar-refractivity contribution in [2.45, 2.75) is 379 Å². The zero-order valence-electron chi connectivity index (χ0n) is 73.4. The van der Waals surface area contributed by atoms with Gasteiger partial charge < -0.3 is 274 Å². The molecular formula is C76H127N5O55. The highest BCUT2D eigenvalue weighted by Crippen LogP contribution is 2.42. The fourth-order valence-electron chi connectivity index (χ4n) is 17.7. The quantitative estimate of drug-likeness (QED) is 0.0280. The number of ether oxygens (including phenoxy) is 21. The van der Waals surface area contributed by atoms with Gasteiger partial charge in [0.25, 0.3) is 0 Å². The number of aliphatic hydroxyl groups excluding tert-OH is 29. The predicted molar refractivity (Wildman–Crippen MR) is 419 cm³/mol. The molecule has 0 aromatic heterocycles. The second kappa shape index (κ2) is 48.8. The first-order chi connectivity index (χ1) is 64.3. The van der Waals surface area contributed by atoms with Gasteiger partial charge in [-0.05, 0) is 6.92 Å². The molecule has 0 aromatic carbocycles. The summed E-state index contributed by atoms with van der Waals surface area (Å²) in [5, 5.41) is 339. The van der Waals surface area contributed by atoms with Crippen molar-refractivity contribution in [2.75, 3.05) is 66.1 Å². The van der Waals surface area contributed by atoms with Gasteiger partial charge in [0.15, 0.2) is 69.2 Å². The summed E-state index contributed by atoms with van der Waals surface area (Å²) in [6.45, 7) is -5.70. The van der Waals surface area contributed by atoms with Crippen LogP contribution in [0.1, 0.15) is 41.5 Å². The van der Waals surface area contributed by atoms with Crippen LogP contribution in [0.25, 0.3) is 0 Å². The lowest BCUT2D eigenvalue weighted by molar-refractivity contribution is -0.406. The first-order valence-electron chi connectivity index (χ1n) is 43.5. The molecule has 5 amide bonds. The zero-order valence-corrected chi connectivity index (χ0v) is 73.4. The Morgan fingerprint density at radius 1 is 0.206 bits per heavy atom. The maximum Gasteiger partial charge on any atom is 0.217 e. The van der Waals surface area contributed by atoms with Crippen molar-refractivity contribution < 1.29 is 272 Å². The van der Waals surface area contributed by atoms with Crippen LogP contribution >= 0.6 is 0 Å². The van der Waals surface area contributed by atoms with Gasteiger partial charge in [-0.2, -0.15) is 0 Å². The summed E-state index contributed by atoms with van der Waals surface area (Å²) in [5.74, 6) is -4.87. The molecule has 11 rings (SSSR count). The van der Waals surface area contributed by atoms with Gasteiger partial charge in [0, 0.05) is 34.6 Å². The molecule has 0 aliphatic carbocycles. The summed E-state index contributed by atoms with van der Waals surface area (Å²) in [5.41, 5.74) is 0. The molecule has 11 saturated heterocycles. The van der Waals surface area contributed by atoms with E-state index < -0.39 is 433 Å². The number of carbonyl (C=O) groups excluding carboxylic acids is 5. The Labute approximate surface area is 770 Å². The highest BCUT2D eigenvalue weighted by atomic mass is 16.8. The van der Waals surface area contributed by atoms with Gasteiger partial charge >= 0.3 is 0 Å². The van der Waals surface area contributed by atoms with Crippen LogP contribution in [-0.4, -0.2) is 581 Å². The lowest BCUT2D eigenvalue weighted by atomic mass is 9.93. The van der Waals surface area contributed by atoms with E-state index in [2.05, 4.69) is 26.6 Å². The van der Waals surface area contributed by atoms with Gasteiger partial charge in [-0.15, -0.1) is 0 Å². The Morgan fingerprint density at radius 2 is 0.463 bits per heavy atom. The normalized spacial score (nSPS) is 49.2. The van der Waals surface area contributed by atoms with Gasteiger partial charge in [-0.3, -0.25) is 24.0 Å². The third-order valence-corrected chi connectivity index (χ3v) is 24.9. The molecule has 60 heteroatoms. The molecule has 55 atom stereocenters. The van der Waals surface area contributed by atoms with Crippen LogP contribution < -0.4 is 26.6 Å². The molecule has 0 bridgehead atoms. The Balaban J connectivity index is 0.984. The number of amides is 5. The van der Waals surface area contributed by atoms with E-state index in [-0.39, 0.29) is 0 Å². The molecule has 11 aliphatic heterocycles. The van der Waals surface area contributed by atoms with E-state index >= 15 is 0 Å². The fourth-order valence-corrected chi connectivity index (χ4v) is 17.7. The van der Waals surface area contributed by atoms with Gasteiger partial charge in [0.1, 0.15) is 262 Å². The Morgan fingerprint density at radius 3 is 0.860 bits per heavy atom. The minimum atomic E-state index is -2.75. The first-order valence-corrected chi connectivity index (χ1v) is 43.5. The molecule has 786 valence electrons. The Hall–Kier alpha value is -4.65. The number of hydrogen-bond donors (Lipinski definition) is 34. The molecule has 136 heavy (non-hydrogen) atoms. The summed E-state index contributed by atoms with van der Waals surface area (Å²) < 4.78 is 127. The van der Waals surface area contributed by atoms with Gasteiger partial charge in [-0.25, -0.2) is 0 Å². The number of hydrogen-bond acceptors (Lipinski definition) is 55. The SMILES string of the molecule is CC(=O)N[C@@H]1[C@@H](O)[C@H](O[C@@H]2O[C@H](CO)[C@@H](O[C@@H]3O[C@H](CO[C@H]4O[C@H](CO)[C@@H](O)[C@H](O)[C@@H]4O[C@@H]4O[C@H](CO)[C@@H](O)[C@H](O)[C@H]4NC(C)=O)[C@@H](O)[C@H](O[C@H]4O[C@H](CO)[C@@H](O[C@@H]5O[C@H](CO)[C@@H](O[C@@H]6O[C@H](CO)[C@H](O)[C@H](O)[C@H]6O)[C@H](O)[C@H]5NC(C)=O)[C@H](O)[C@@H]4O[C@@H]4O[C@H](CO)[C@@H](O[C@@H]5O[C@H](CO)[C@H](O)[C@H](O)[C@H]5O)[C@H](O)[C@H]4NC(C)=O)[C@@H]3O)[C@H](O)[C@H]2NC(C)=O)[C@@H](CO[C@@H]2O[C@@H](C)[C@@H](O)[C@@H](O)[C@@H]2O)O[C@H]1O. The van der Waals surface area contributed by atoms with E-state index in [1.165, 1.54) is 6.92 Å². The van der Waals surface area contributed by atoms with E-state index in [1.807, 2.05) is 0 Å². The van der Waals surface area contributed by atoms with E-state index in [9.17, 15) is 172 Å². The van der Waals surface area contributed by atoms with Crippen molar-refractivity contribution in [3.05, 3.63) is 0 Å². The highest BCUT2D eigenvalue weighted by molar-refractivity contribution is 5.75. The largest absolute Gasteiger partial charge is 0.394 e. The van der Waals surface area contributed by atoms with Gasteiger partial charge in [0.2, 0.25) is 29.5 Å². The van der Waals surface area contributed by atoms with E-state index in [0.717, 1.165) is 34.6 Å². The summed E-state index contributed by atoms with van der Waals surface area (Å²) in [6.07, 6.45) is -107. The molecule has 0 unspecified atom stereocenters. The van der Waals surface area contributed by atoms with Crippen molar-refractivity contribution in [3.8, 4) is 0 Å². The number of nitrogens with one attached hydrogen (secondary N) is 5. The predicted octanol–water partition coefficient (Wildman–Crippen LogP) is -23.2. The molecule has 34 N–H and O–H groups in total. The molecule has 11 fully saturated rings. The molecule has 60 nitrogen and oxygen atoms in total. The number of aliphatic hydroxyl groups is 29. The monoisotopic (exact) mass is 1990 g/mol. The smallest absolute Gasteiger partial charge is 0.217 e. The second-order valence-corrected chi connectivity index (χ2v) is 34.5. The Kier molecular flexibility index (Phi) is 40.1. The van der Waals surface area contributed by atoms with Crippen molar-refractivity contribution >= 4 is 29.5 Å². The standard InChI is InChI=1S/C76H127N5O55/c1-17-38(95)49(106)53(110)71(118-17)116-16-32-62(45(102)33(66(115)119-32)77-18(2)90)130-69-36(80-21(5)93)47(104)60(29(13-88)125-69)133-74-57(114)63(43(100)31(128-74)15-117-75-64(52(109)42(99)26(10-85)123-75)135-67-34(78-19(3)91)44(101)39(96)23(7-82)120-67)134-76-65(136-70-37(81-22(6)94)48(105)59(28(12-87)126-70)132-73-55(112)51(108)41(98)25(9-84)122-73)56(113)61(30(14-89)127-76)129-68-35(79-20(4)92)46(103)58(27(11-86)124-68)131-72-54(111)50(107)40(97)24(8-83)121-72/h17,23-76,82-89,95-115H,7-16H2,1-6H3,(H,77,90)(H,78,91)(H,79,92)(H,80,93)(H,81,94)/t17-,23+,24+,25+,26+,27+,28+,29+,30+,31+,32+,33+,34+,35+,36+,37+,38+,39+,40-,41-,42+,43+,44+,45+,46+,47+,48+,49+,50-,51-,52-,53-,54+,55+,56-,57-,58+,59+,60+,61+,62+,63-,64-,65-,66+,67-,68-,69-,70-,71+,72-,73-,74-,75-,76+/m0/s1. The summed E-state index contributed by atoms with van der Waals surface area (Å²) in [7, 11) is 0. The van der Waals surface area contributed by atoms with Crippen molar-refractivity contribution in [1.82, 2.24) is 26.6 Å². The van der Waals surface area contributed by atoms with Crippen LogP contribution in [-0.2, 0) is 123 Å². The number of rotatable bonds is 35. The molecule has 11 aliphatic rings. The lowest BCUT2D eigenvalue weighted by Gasteiger charge is -2.52. The van der Waals surface area contributed by atoms with Crippen LogP contribution in [0, 0.1) is 0 Å². The van der Waals surface area contributed by atoms with Crippen LogP contribution in [0.15, 0.2) is 0 Å². The second-order valence-electron chi connectivity index (χ2n) is 34.5. The third kappa shape index (κ3) is 24.8. The summed E-state index contributed by atoms with van der Waals surface area (Å²) in [6, 6.07) is -9.88. The minimum absolute atomic E-state index is 0.870. The molecular weight excluding hydrogens is 1860 g/mol. The van der Waals surface area contributed by atoms with Crippen molar-refractivity contribution in [2.24, 2.45) is 0 Å². The average Bonchev–Trinajstić information content (AvgIpc) is 0.746. The van der Waals surface area contributed by atoms with Crippen LogP contribution in [0.2, 0.25) is 0 Å². The molecule has 11 heterocycles. The van der Waals surface area contributed by atoms with Gasteiger partial charge in [-0.1, -0.05) is 0 Å². The molecule has 0 aromatic rings. The van der Waals surface area contributed by atoms with Crippen LogP contribution in [0.5, 0.6) is 0 Å². The molecule has 0 saturated carbocycles. The minimum Gasteiger partial charge on any atom is -0.394 e. The van der Waals surface area contributed by atoms with Crippen LogP contribution in [0.3, 0.4) is 0 Å². The number of carbonyl (C=O) groups is 5. The third-order valence-electron chi connectivity index (χ3n) is 24.9. The maximum absolute atomic E-state index is 13.4. The lowest BCUT2D eigenvalue weighted by Crippen LogP contribution is -2.71. The summed E-state index contributed by atoms with van der Waals surface area (Å²) >= 11 is 0. The van der Waals surface area contributed by atoms with E-state index in [0.29, 0.717) is 0 Å². The van der Waals surface area contributed by atoms with E-state index in [4.69, 9.17) is 99.5 Å². The van der Waals surface area contributed by atoms with Crippen molar-refractivity contribution in [3.63, 3.8) is 0 Å². The first kappa shape index (κ1) is 112. The highest BCUT2D eigenvalue weighted by Gasteiger charge is 2.63. The van der Waals surface area contributed by atoms with E-state index in [1.54, 1.807) is 0 Å². The van der Waals surface area contributed by atoms with Gasteiger partial charge in [0.05, 0.1) is 72.2 Å². The zero-order chi connectivity index (χ0) is 100. The summed E-state index contributed by atoms with van der Waals surface area (Å²) in [4.78, 5) is 65.2. The topological polar surface area (TPSA) is 926 Å². The van der Waals surface area contributed by atoms with Crippen LogP contribution in [0.4, 0.5) is 0 Å². The molecule has 0 spiro atoms. The van der Waals surface area contributed by atoms with Crippen molar-refractivity contribution in [1.29, 1.82) is 0 Å². The Bertz CT molecular complexity index is 3760. The average molecular weight is 1990 g/mol. The fraction of sp³-hybridized carbons (Fsp3) is 0.934. The molecule has 0 radical (unpaired) electrons. The maximum atomic E-state index is 13.4.